The highest BCUT2D eigenvalue weighted by Crippen LogP contribution is 2.28. The Balaban J connectivity index is 1.47. The van der Waals surface area contributed by atoms with Gasteiger partial charge >= 0.3 is 0 Å². The Morgan fingerprint density at radius 1 is 0.533 bits per heavy atom. The van der Waals surface area contributed by atoms with Crippen LogP contribution in [0.25, 0.3) is 22.3 Å². The van der Waals surface area contributed by atoms with Crippen molar-refractivity contribution in [2.45, 2.75) is 11.8 Å². The topological polar surface area (TPSA) is 43.4 Å². The van der Waals surface area contributed by atoms with Crippen molar-refractivity contribution in [2.75, 3.05) is 6.26 Å². The van der Waals surface area contributed by atoms with Gasteiger partial charge < -0.3 is 4.74 Å². The van der Waals surface area contributed by atoms with Gasteiger partial charge in [-0.2, -0.15) is 0 Å². The molecule has 0 N–H and O–H groups in total. The number of ether oxygens (including phenoxy) is 1. The smallest absolute Gasteiger partial charge is 0.175 e. The molecule has 0 atom stereocenters. The summed E-state index contributed by atoms with van der Waals surface area (Å²) in [5.74, 6) is 1.29. The van der Waals surface area contributed by atoms with Crippen LogP contribution in [-0.2, 0) is 9.84 Å². The van der Waals surface area contributed by atoms with Crippen LogP contribution in [0, 0.1) is 6.92 Å². The van der Waals surface area contributed by atoms with Crippen molar-refractivity contribution in [2.24, 2.45) is 0 Å². The van der Waals surface area contributed by atoms with Gasteiger partial charge in [0, 0.05) is 6.26 Å². The largest absolute Gasteiger partial charge is 0.457 e. The Morgan fingerprint density at radius 3 is 1.27 bits per heavy atom. The first kappa shape index (κ1) is 19.9. The molecule has 4 aromatic rings. The van der Waals surface area contributed by atoms with Gasteiger partial charge in [-0.15, -0.1) is 0 Å². The minimum absolute atomic E-state index is 0.277. The second-order valence-corrected chi connectivity index (χ2v) is 9.33. The fourth-order valence-corrected chi connectivity index (χ4v) is 3.84. The Hall–Kier alpha value is -3.37. The zero-order valence-electron chi connectivity index (χ0n) is 16.9. The van der Waals surface area contributed by atoms with E-state index in [-0.39, 0.29) is 4.90 Å². The van der Waals surface area contributed by atoms with E-state index in [1.165, 1.54) is 22.9 Å². The molecule has 0 aliphatic heterocycles. The van der Waals surface area contributed by atoms with Crippen LogP contribution < -0.4 is 4.74 Å². The van der Waals surface area contributed by atoms with Gasteiger partial charge in [-0.3, -0.25) is 0 Å². The summed E-state index contributed by atoms with van der Waals surface area (Å²) in [6.07, 6.45) is 1.19. The summed E-state index contributed by atoms with van der Waals surface area (Å²) in [6.45, 7) is 2.09. The average molecular weight is 415 g/mol. The predicted octanol–water partition coefficient (Wildman–Crippen LogP) is 6.52. The third kappa shape index (κ3) is 4.61. The number of hydrogen-bond acceptors (Lipinski definition) is 3. The second kappa shape index (κ2) is 8.17. The normalized spacial score (nSPS) is 11.3. The highest BCUT2D eigenvalue weighted by molar-refractivity contribution is 7.90. The average Bonchev–Trinajstić information content (AvgIpc) is 2.75. The molecule has 0 aliphatic rings. The minimum atomic E-state index is -3.21. The summed E-state index contributed by atoms with van der Waals surface area (Å²) in [4.78, 5) is 0.277. The number of aryl methyl sites for hydroxylation is 1. The molecule has 0 aliphatic carbocycles. The Kier molecular flexibility index (Phi) is 5.42. The van der Waals surface area contributed by atoms with Gasteiger partial charge in [0.15, 0.2) is 9.84 Å². The van der Waals surface area contributed by atoms with Crippen molar-refractivity contribution in [3.8, 4) is 33.8 Å². The van der Waals surface area contributed by atoms with E-state index in [4.69, 9.17) is 4.74 Å². The fourth-order valence-electron chi connectivity index (χ4n) is 3.21. The third-order valence-corrected chi connectivity index (χ3v) is 6.07. The molecule has 0 amide bonds. The third-order valence-electron chi connectivity index (χ3n) is 4.95. The van der Waals surface area contributed by atoms with Crippen LogP contribution >= 0.6 is 0 Å². The first-order valence-electron chi connectivity index (χ1n) is 9.64. The van der Waals surface area contributed by atoms with Crippen LogP contribution in [0.5, 0.6) is 11.5 Å². The summed E-state index contributed by atoms with van der Waals surface area (Å²) < 4.78 is 28.9. The Labute approximate surface area is 177 Å². The zero-order chi connectivity index (χ0) is 21.1. The van der Waals surface area contributed by atoms with Gasteiger partial charge in [-0.05, 0) is 65.6 Å². The Morgan fingerprint density at radius 2 is 0.867 bits per heavy atom. The highest BCUT2D eigenvalue weighted by atomic mass is 32.2. The molecule has 0 saturated heterocycles. The quantitative estimate of drug-likeness (QED) is 0.373. The number of hydrogen-bond donors (Lipinski definition) is 0. The molecular weight excluding hydrogens is 392 g/mol. The molecule has 0 heterocycles. The molecule has 0 fully saturated rings. The maximum atomic E-state index is 11.5. The lowest BCUT2D eigenvalue weighted by Crippen LogP contribution is -1.96. The molecule has 30 heavy (non-hydrogen) atoms. The summed E-state index contributed by atoms with van der Waals surface area (Å²) in [6, 6.07) is 31.3. The van der Waals surface area contributed by atoms with E-state index >= 15 is 0 Å². The number of benzene rings is 4. The fraction of sp³-hybridized carbons (Fsp3) is 0.0769. The van der Waals surface area contributed by atoms with Crippen LogP contribution in [0.1, 0.15) is 5.56 Å². The lowest BCUT2D eigenvalue weighted by molar-refractivity contribution is 0.482. The van der Waals surface area contributed by atoms with Crippen molar-refractivity contribution in [1.29, 1.82) is 0 Å². The Bertz CT molecular complexity index is 1240. The number of rotatable bonds is 5. The van der Waals surface area contributed by atoms with Crippen LogP contribution in [0.3, 0.4) is 0 Å². The van der Waals surface area contributed by atoms with Crippen LogP contribution in [0.4, 0.5) is 0 Å². The second-order valence-electron chi connectivity index (χ2n) is 7.31. The van der Waals surface area contributed by atoms with E-state index < -0.39 is 9.84 Å². The molecule has 3 nitrogen and oxygen atoms in total. The minimum Gasteiger partial charge on any atom is -0.457 e. The SMILES string of the molecule is Cc1ccc(-c2ccc(-c3ccc(Oc4ccc(S(C)(=O)=O)cc4)cc3)cc2)cc1. The molecular formula is C26H22O3S. The number of sulfone groups is 1. The van der Waals surface area contributed by atoms with Crippen LogP contribution in [-0.4, -0.2) is 14.7 Å². The molecule has 4 rings (SSSR count). The standard InChI is InChI=1S/C26H22O3S/c1-19-3-5-20(6-4-19)21-7-9-22(10-8-21)23-11-13-24(14-12-23)29-25-15-17-26(18-16-25)30(2,27)28/h3-18H,1-2H3. The lowest BCUT2D eigenvalue weighted by Gasteiger charge is -2.09. The monoisotopic (exact) mass is 414 g/mol. The molecule has 0 unspecified atom stereocenters. The van der Waals surface area contributed by atoms with E-state index in [0.29, 0.717) is 11.5 Å². The highest BCUT2D eigenvalue weighted by Gasteiger charge is 2.07. The molecule has 4 aromatic carbocycles. The summed E-state index contributed by atoms with van der Waals surface area (Å²) >= 11 is 0. The van der Waals surface area contributed by atoms with E-state index in [2.05, 4.69) is 55.5 Å². The van der Waals surface area contributed by atoms with Crippen molar-refractivity contribution in [3.05, 3.63) is 103 Å². The molecule has 0 spiro atoms. The maximum absolute atomic E-state index is 11.5. The molecule has 0 radical (unpaired) electrons. The van der Waals surface area contributed by atoms with E-state index in [9.17, 15) is 8.42 Å². The molecule has 0 saturated carbocycles. The lowest BCUT2D eigenvalue weighted by atomic mass is 10.00. The predicted molar refractivity (Wildman–Crippen MR) is 122 cm³/mol. The first-order valence-corrected chi connectivity index (χ1v) is 11.5. The van der Waals surface area contributed by atoms with E-state index in [0.717, 1.165) is 11.1 Å². The van der Waals surface area contributed by atoms with Gasteiger partial charge in [-0.25, -0.2) is 8.42 Å². The van der Waals surface area contributed by atoms with Crippen LogP contribution in [0.2, 0.25) is 0 Å². The van der Waals surface area contributed by atoms with Crippen LogP contribution in [0.15, 0.2) is 102 Å². The van der Waals surface area contributed by atoms with Crippen molar-refractivity contribution >= 4 is 9.84 Å². The van der Waals surface area contributed by atoms with Gasteiger partial charge in [0.1, 0.15) is 11.5 Å². The summed E-state index contributed by atoms with van der Waals surface area (Å²) in [5, 5.41) is 0. The van der Waals surface area contributed by atoms with E-state index in [1.807, 2.05) is 24.3 Å². The molecule has 0 aromatic heterocycles. The van der Waals surface area contributed by atoms with E-state index in [1.54, 1.807) is 24.3 Å². The molecule has 0 bridgehead atoms. The van der Waals surface area contributed by atoms with Gasteiger partial charge in [0.2, 0.25) is 0 Å². The van der Waals surface area contributed by atoms with Crippen molar-refractivity contribution in [1.82, 2.24) is 0 Å². The van der Waals surface area contributed by atoms with Gasteiger partial charge in [0.05, 0.1) is 4.90 Å². The van der Waals surface area contributed by atoms with Crippen molar-refractivity contribution in [3.63, 3.8) is 0 Å². The zero-order valence-corrected chi connectivity index (χ0v) is 17.7. The summed E-state index contributed by atoms with van der Waals surface area (Å²) in [5.41, 5.74) is 5.89. The van der Waals surface area contributed by atoms with Crippen molar-refractivity contribution < 1.29 is 13.2 Å². The first-order chi connectivity index (χ1) is 14.4. The molecule has 4 heteroatoms. The summed E-state index contributed by atoms with van der Waals surface area (Å²) in [7, 11) is -3.21. The molecule has 150 valence electrons. The van der Waals surface area contributed by atoms with Gasteiger partial charge in [0.25, 0.3) is 0 Å². The maximum Gasteiger partial charge on any atom is 0.175 e. The van der Waals surface area contributed by atoms with Gasteiger partial charge in [-0.1, -0.05) is 66.2 Å².